The third-order valence-corrected chi connectivity index (χ3v) is 5.63. The van der Waals surface area contributed by atoms with Crippen molar-refractivity contribution >= 4 is 44.9 Å². The number of hydrazone groups is 1. The number of thiazole rings is 1. The molecule has 0 aromatic carbocycles. The SMILES string of the molecule is CNCc1csc(/C=N/Nc2ncnc3sc(C4CC4)cc23)n1. The van der Waals surface area contributed by atoms with E-state index < -0.39 is 0 Å². The van der Waals surface area contributed by atoms with Gasteiger partial charge in [0.05, 0.1) is 17.3 Å². The van der Waals surface area contributed by atoms with Gasteiger partial charge >= 0.3 is 0 Å². The molecule has 0 saturated heterocycles. The number of nitrogens with zero attached hydrogens (tertiary/aromatic N) is 4. The second-order valence-corrected chi connectivity index (χ2v) is 7.39. The normalized spacial score (nSPS) is 14.8. The van der Waals surface area contributed by atoms with Crippen LogP contribution in [0.25, 0.3) is 10.2 Å². The van der Waals surface area contributed by atoms with Crippen molar-refractivity contribution in [2.24, 2.45) is 5.10 Å². The van der Waals surface area contributed by atoms with Crippen LogP contribution in [0.3, 0.4) is 0 Å². The molecule has 0 amide bonds. The summed E-state index contributed by atoms with van der Waals surface area (Å²) < 4.78 is 0. The topological polar surface area (TPSA) is 75.1 Å². The van der Waals surface area contributed by atoms with Gasteiger partial charge in [-0.2, -0.15) is 5.10 Å². The van der Waals surface area contributed by atoms with Gasteiger partial charge in [-0.25, -0.2) is 15.0 Å². The van der Waals surface area contributed by atoms with E-state index in [-0.39, 0.29) is 0 Å². The van der Waals surface area contributed by atoms with E-state index in [9.17, 15) is 0 Å². The van der Waals surface area contributed by atoms with Gasteiger partial charge < -0.3 is 5.32 Å². The zero-order valence-corrected chi connectivity index (χ0v) is 14.2. The summed E-state index contributed by atoms with van der Waals surface area (Å²) in [6.45, 7) is 0.767. The lowest BCUT2D eigenvalue weighted by Gasteiger charge is -1.99. The Morgan fingerprint density at radius 1 is 1.39 bits per heavy atom. The van der Waals surface area contributed by atoms with Crippen LogP contribution in [0.1, 0.15) is 34.3 Å². The molecular weight excluding hydrogens is 328 g/mol. The second kappa shape index (κ2) is 6.31. The first-order valence-corrected chi connectivity index (χ1v) is 9.15. The summed E-state index contributed by atoms with van der Waals surface area (Å²) in [7, 11) is 1.91. The Hall–Kier alpha value is -1.90. The lowest BCUT2D eigenvalue weighted by atomic mass is 10.3. The molecule has 4 rings (SSSR count). The van der Waals surface area contributed by atoms with Crippen molar-refractivity contribution in [2.75, 3.05) is 12.5 Å². The van der Waals surface area contributed by atoms with E-state index in [1.807, 2.05) is 12.4 Å². The molecule has 0 aliphatic heterocycles. The fourth-order valence-corrected chi connectivity index (χ4v) is 4.17. The second-order valence-electron chi connectivity index (χ2n) is 5.44. The Balaban J connectivity index is 1.51. The van der Waals surface area contributed by atoms with E-state index >= 15 is 0 Å². The summed E-state index contributed by atoms with van der Waals surface area (Å²) in [5.41, 5.74) is 4.05. The minimum Gasteiger partial charge on any atom is -0.314 e. The van der Waals surface area contributed by atoms with E-state index in [0.717, 1.165) is 39.2 Å². The molecule has 0 unspecified atom stereocenters. The molecule has 8 heteroatoms. The van der Waals surface area contributed by atoms with Gasteiger partial charge in [-0.15, -0.1) is 22.7 Å². The minimum absolute atomic E-state index is 0.728. The molecule has 118 valence electrons. The number of nitrogens with one attached hydrogen (secondary N) is 2. The number of hydrogen-bond donors (Lipinski definition) is 2. The number of fused-ring (bicyclic) bond motifs is 1. The van der Waals surface area contributed by atoms with Crippen LogP contribution in [0.15, 0.2) is 22.9 Å². The highest BCUT2D eigenvalue weighted by molar-refractivity contribution is 7.18. The standard InChI is InChI=1S/C15H16N6S2/c1-16-5-10-7-22-13(20-10)6-19-21-14-11-4-12(9-2-3-9)23-15(11)18-8-17-14/h4,6-9,16H,2-3,5H2,1H3,(H,17,18,21)/b19-6+. The number of anilines is 1. The van der Waals surface area contributed by atoms with E-state index in [1.54, 1.807) is 35.2 Å². The Bertz CT molecular complexity index is 849. The Labute approximate surface area is 141 Å². The highest BCUT2D eigenvalue weighted by atomic mass is 32.1. The Morgan fingerprint density at radius 2 is 2.30 bits per heavy atom. The van der Waals surface area contributed by atoms with Gasteiger partial charge in [-0.05, 0) is 31.9 Å². The largest absolute Gasteiger partial charge is 0.314 e. The zero-order chi connectivity index (χ0) is 15.6. The molecule has 0 spiro atoms. The first kappa shape index (κ1) is 14.7. The van der Waals surface area contributed by atoms with E-state index in [0.29, 0.717) is 0 Å². The molecule has 1 fully saturated rings. The van der Waals surface area contributed by atoms with Crippen molar-refractivity contribution in [3.8, 4) is 0 Å². The zero-order valence-electron chi connectivity index (χ0n) is 12.6. The number of rotatable bonds is 6. The Kier molecular flexibility index (Phi) is 4.02. The van der Waals surface area contributed by atoms with Crippen LogP contribution in [0.2, 0.25) is 0 Å². The summed E-state index contributed by atoms with van der Waals surface area (Å²) in [4.78, 5) is 15.6. The van der Waals surface area contributed by atoms with Gasteiger partial charge in [0.2, 0.25) is 0 Å². The molecular formula is C15H16N6S2. The van der Waals surface area contributed by atoms with Crippen molar-refractivity contribution in [2.45, 2.75) is 25.3 Å². The maximum absolute atomic E-state index is 4.47. The van der Waals surface area contributed by atoms with E-state index in [2.05, 4.69) is 36.9 Å². The maximum atomic E-state index is 4.47. The lowest BCUT2D eigenvalue weighted by molar-refractivity contribution is 0.797. The molecule has 1 aliphatic carbocycles. The van der Waals surface area contributed by atoms with Gasteiger partial charge in [-0.1, -0.05) is 0 Å². The number of aromatic nitrogens is 3. The quantitative estimate of drug-likeness (QED) is 0.530. The summed E-state index contributed by atoms with van der Waals surface area (Å²) in [5, 5.41) is 11.3. The molecule has 3 aromatic heterocycles. The van der Waals surface area contributed by atoms with E-state index in [4.69, 9.17) is 0 Å². The minimum atomic E-state index is 0.728. The summed E-state index contributed by atoms with van der Waals surface area (Å²) in [6.07, 6.45) is 5.90. The van der Waals surface area contributed by atoms with Crippen molar-refractivity contribution in [1.82, 2.24) is 20.3 Å². The number of thiophene rings is 1. The van der Waals surface area contributed by atoms with Gasteiger partial charge in [0.1, 0.15) is 16.2 Å². The highest BCUT2D eigenvalue weighted by Gasteiger charge is 2.26. The van der Waals surface area contributed by atoms with Crippen LogP contribution in [0.4, 0.5) is 5.82 Å². The third-order valence-electron chi connectivity index (χ3n) is 3.60. The fraction of sp³-hybridized carbons (Fsp3) is 0.333. The molecule has 1 saturated carbocycles. The predicted molar refractivity (Wildman–Crippen MR) is 95.5 cm³/mol. The monoisotopic (exact) mass is 344 g/mol. The molecule has 2 N–H and O–H groups in total. The van der Waals surface area contributed by atoms with Crippen molar-refractivity contribution < 1.29 is 0 Å². The fourth-order valence-electron chi connectivity index (χ4n) is 2.33. The predicted octanol–water partition coefficient (Wildman–Crippen LogP) is 3.19. The average Bonchev–Trinajstić information content (AvgIpc) is 3.15. The van der Waals surface area contributed by atoms with E-state index in [1.165, 1.54) is 17.7 Å². The lowest BCUT2D eigenvalue weighted by Crippen LogP contribution is -2.05. The third kappa shape index (κ3) is 3.24. The average molecular weight is 344 g/mol. The summed E-state index contributed by atoms with van der Waals surface area (Å²) in [5.74, 6) is 1.48. The van der Waals surface area contributed by atoms with Crippen LogP contribution in [0.5, 0.6) is 0 Å². The summed E-state index contributed by atoms with van der Waals surface area (Å²) >= 11 is 3.33. The first-order chi connectivity index (χ1) is 11.3. The number of hydrogen-bond acceptors (Lipinski definition) is 8. The smallest absolute Gasteiger partial charge is 0.158 e. The molecule has 1 aliphatic rings. The van der Waals surface area contributed by atoms with Crippen molar-refractivity contribution in [3.05, 3.63) is 33.4 Å². The van der Waals surface area contributed by atoms with Gasteiger partial charge in [0, 0.05) is 16.8 Å². The molecule has 3 heterocycles. The van der Waals surface area contributed by atoms with Crippen LogP contribution in [0, 0.1) is 0 Å². The molecule has 0 bridgehead atoms. The van der Waals surface area contributed by atoms with Gasteiger partial charge in [-0.3, -0.25) is 5.43 Å². The Morgan fingerprint density at radius 3 is 3.13 bits per heavy atom. The molecule has 6 nitrogen and oxygen atoms in total. The van der Waals surface area contributed by atoms with Gasteiger partial charge in [0.15, 0.2) is 5.82 Å². The van der Waals surface area contributed by atoms with Crippen LogP contribution >= 0.6 is 22.7 Å². The van der Waals surface area contributed by atoms with Crippen molar-refractivity contribution in [1.29, 1.82) is 0 Å². The van der Waals surface area contributed by atoms with Gasteiger partial charge in [0.25, 0.3) is 0 Å². The molecule has 0 atom stereocenters. The van der Waals surface area contributed by atoms with Crippen LogP contribution in [-0.4, -0.2) is 28.2 Å². The van der Waals surface area contributed by atoms with Crippen molar-refractivity contribution in [3.63, 3.8) is 0 Å². The van der Waals surface area contributed by atoms with Crippen LogP contribution in [-0.2, 0) is 6.54 Å². The highest BCUT2D eigenvalue weighted by Crippen LogP contribution is 2.45. The molecule has 3 aromatic rings. The maximum Gasteiger partial charge on any atom is 0.158 e. The molecule has 23 heavy (non-hydrogen) atoms. The van der Waals surface area contributed by atoms with Crippen LogP contribution < -0.4 is 10.7 Å². The summed E-state index contributed by atoms with van der Waals surface area (Å²) in [6, 6.07) is 2.20. The molecule has 0 radical (unpaired) electrons. The first-order valence-electron chi connectivity index (χ1n) is 7.46.